The molecule has 2 aromatic rings. The number of alkyl halides is 1. The molecular weight excluding hydrogens is 293 g/mol. The van der Waals surface area contributed by atoms with Crippen molar-refractivity contribution < 1.29 is 9.18 Å². The van der Waals surface area contributed by atoms with Crippen LogP contribution in [0.2, 0.25) is 0 Å². The molecule has 0 bridgehead atoms. The van der Waals surface area contributed by atoms with Gasteiger partial charge in [-0.05, 0) is 34.4 Å². The van der Waals surface area contributed by atoms with E-state index in [1.807, 2.05) is 12.1 Å². The van der Waals surface area contributed by atoms with E-state index in [2.05, 4.69) is 4.99 Å². The molecule has 0 heterocycles. The van der Waals surface area contributed by atoms with E-state index in [0.29, 0.717) is 11.1 Å². The van der Waals surface area contributed by atoms with Gasteiger partial charge in [0.15, 0.2) is 12.1 Å². The number of halogens is 2. The number of rotatable bonds is 1. The van der Waals surface area contributed by atoms with Gasteiger partial charge in [0.05, 0.1) is 0 Å². The molecule has 1 aliphatic rings. The van der Waals surface area contributed by atoms with Gasteiger partial charge in [-0.25, -0.2) is 4.39 Å². The van der Waals surface area contributed by atoms with Crippen molar-refractivity contribution in [2.45, 2.75) is 6.17 Å². The molecule has 0 spiro atoms. The van der Waals surface area contributed by atoms with Crippen molar-refractivity contribution in [3.63, 3.8) is 0 Å². The lowest BCUT2D eigenvalue weighted by atomic mass is 10.0. The quantitative estimate of drug-likeness (QED) is 0.627. The molecule has 0 fully saturated rings. The van der Waals surface area contributed by atoms with E-state index in [1.54, 1.807) is 24.3 Å². The predicted molar refractivity (Wildman–Crippen MR) is 82.2 cm³/mol. The van der Waals surface area contributed by atoms with Gasteiger partial charge in [0.1, 0.15) is 0 Å². The minimum Gasteiger partial charge on any atom is -0.370 e. The number of carbonyl (C=O) groups excluding carboxylic acids is 1. The number of hydrogen-bond donors (Lipinski definition) is 2. The van der Waals surface area contributed by atoms with Crippen molar-refractivity contribution in [2.75, 3.05) is 0 Å². The van der Waals surface area contributed by atoms with E-state index >= 15 is 0 Å². The maximum atomic E-state index is 14.4. The Morgan fingerprint density at radius 3 is 2.43 bits per heavy atom. The van der Waals surface area contributed by atoms with Gasteiger partial charge in [-0.2, -0.15) is 4.99 Å². The zero-order valence-electron chi connectivity index (χ0n) is 10.9. The number of nitrogens with zero attached hydrogens (tertiary/aromatic N) is 1. The van der Waals surface area contributed by atoms with E-state index in [9.17, 15) is 9.18 Å². The Morgan fingerprint density at radius 1 is 1.05 bits per heavy atom. The van der Waals surface area contributed by atoms with Crippen LogP contribution in [0.15, 0.2) is 47.5 Å². The smallest absolute Gasteiger partial charge is 0.280 e. The Kier molecular flexibility index (Phi) is 3.95. The summed E-state index contributed by atoms with van der Waals surface area (Å²) in [7, 11) is 0. The molecule has 2 aromatic carbocycles. The molecule has 0 radical (unpaired) electrons. The monoisotopic (exact) mass is 305 g/mol. The molecule has 1 aliphatic carbocycles. The molecule has 6 heteroatoms. The first-order valence-corrected chi connectivity index (χ1v) is 6.09. The summed E-state index contributed by atoms with van der Waals surface area (Å²) in [4.78, 5) is 15.2. The van der Waals surface area contributed by atoms with E-state index in [-0.39, 0.29) is 23.9 Å². The third-order valence-electron chi connectivity index (χ3n) is 3.33. The van der Waals surface area contributed by atoms with Crippen LogP contribution in [0.25, 0.3) is 11.1 Å². The first-order chi connectivity index (χ1) is 9.58. The number of hydrogen-bond acceptors (Lipinski definition) is 1. The fraction of sp³-hybridized carbons (Fsp3) is 0.0667. The molecule has 4 nitrogen and oxygen atoms in total. The van der Waals surface area contributed by atoms with Crippen molar-refractivity contribution in [1.82, 2.24) is 0 Å². The van der Waals surface area contributed by atoms with Gasteiger partial charge in [-0.3, -0.25) is 4.79 Å². The third-order valence-corrected chi connectivity index (χ3v) is 3.33. The van der Waals surface area contributed by atoms with Crippen LogP contribution in [0, 0.1) is 0 Å². The largest absolute Gasteiger partial charge is 0.370 e. The minimum atomic E-state index is -1.23. The fourth-order valence-corrected chi connectivity index (χ4v) is 2.46. The highest BCUT2D eigenvalue weighted by Crippen LogP contribution is 2.45. The average Bonchev–Trinajstić information content (AvgIpc) is 2.72. The molecule has 0 aromatic heterocycles. The third kappa shape index (κ3) is 2.48. The Labute approximate surface area is 127 Å². The molecule has 3 rings (SSSR count). The molecular formula is C15H13ClFN3O. The fourth-order valence-electron chi connectivity index (χ4n) is 2.46. The molecule has 1 atom stereocenters. The molecule has 0 aliphatic heterocycles. The molecule has 1 amide bonds. The average molecular weight is 306 g/mol. The summed E-state index contributed by atoms with van der Waals surface area (Å²) in [6, 6.07) is 12.1. The first kappa shape index (κ1) is 15.0. The summed E-state index contributed by atoms with van der Waals surface area (Å²) in [6.07, 6.45) is -1.23. The van der Waals surface area contributed by atoms with Crippen LogP contribution < -0.4 is 11.5 Å². The van der Waals surface area contributed by atoms with Crippen LogP contribution in [0.1, 0.15) is 27.7 Å². The summed E-state index contributed by atoms with van der Waals surface area (Å²) in [5.74, 6) is -0.883. The van der Waals surface area contributed by atoms with Gasteiger partial charge in [0.25, 0.3) is 5.91 Å². The number of amides is 1. The second kappa shape index (κ2) is 5.54. The Bertz CT molecular complexity index is 741. The summed E-state index contributed by atoms with van der Waals surface area (Å²) < 4.78 is 14.4. The van der Waals surface area contributed by atoms with Gasteiger partial charge >= 0.3 is 0 Å². The van der Waals surface area contributed by atoms with Crippen LogP contribution in [-0.4, -0.2) is 11.9 Å². The summed E-state index contributed by atoms with van der Waals surface area (Å²) in [5.41, 5.74) is 13.4. The number of benzene rings is 2. The van der Waals surface area contributed by atoms with Gasteiger partial charge in [-0.1, -0.05) is 30.3 Å². The highest BCUT2D eigenvalue weighted by Gasteiger charge is 2.28. The minimum absolute atomic E-state index is 0. The molecule has 1 unspecified atom stereocenters. The lowest BCUT2D eigenvalue weighted by molar-refractivity contribution is 0.100. The maximum absolute atomic E-state index is 14.4. The summed E-state index contributed by atoms with van der Waals surface area (Å²) in [6.45, 7) is 0. The molecule has 108 valence electrons. The van der Waals surface area contributed by atoms with Crippen molar-refractivity contribution in [1.29, 1.82) is 0 Å². The van der Waals surface area contributed by atoms with E-state index < -0.39 is 12.1 Å². The number of aliphatic imine (C=N–C) groups is 1. The number of nitrogens with two attached hydrogens (primary N) is 2. The van der Waals surface area contributed by atoms with E-state index in [4.69, 9.17) is 11.5 Å². The highest BCUT2D eigenvalue weighted by atomic mass is 35.5. The standard InChI is InChI=1S/C15H12FN3O.ClH/c16-13-11-4-2-1-3-9(11)10-6-5-8(7-12(10)13)14(20)19-15(17)18;/h1-7,13H,(H4,17,18,19,20);1H. The Morgan fingerprint density at radius 2 is 1.71 bits per heavy atom. The zero-order valence-corrected chi connectivity index (χ0v) is 11.7. The Hall–Kier alpha value is -2.40. The Balaban J connectivity index is 0.00000161. The molecule has 0 saturated heterocycles. The first-order valence-electron chi connectivity index (χ1n) is 6.09. The van der Waals surface area contributed by atoms with Crippen LogP contribution >= 0.6 is 12.4 Å². The predicted octanol–water partition coefficient (Wildman–Crippen LogP) is 2.56. The second-order valence-electron chi connectivity index (χ2n) is 4.59. The van der Waals surface area contributed by atoms with Crippen molar-refractivity contribution in [2.24, 2.45) is 16.5 Å². The van der Waals surface area contributed by atoms with E-state index in [0.717, 1.165) is 11.1 Å². The number of guanidine groups is 1. The molecule has 0 saturated carbocycles. The van der Waals surface area contributed by atoms with Crippen molar-refractivity contribution >= 4 is 24.3 Å². The second-order valence-corrected chi connectivity index (χ2v) is 4.59. The maximum Gasteiger partial charge on any atom is 0.280 e. The molecule has 21 heavy (non-hydrogen) atoms. The number of carbonyl (C=O) groups is 1. The van der Waals surface area contributed by atoms with Gasteiger partial charge in [-0.15, -0.1) is 12.4 Å². The van der Waals surface area contributed by atoms with Gasteiger partial charge < -0.3 is 11.5 Å². The SMILES string of the molecule is Cl.NC(N)=NC(=O)c1ccc2c(c1)C(F)c1ccccc1-2. The highest BCUT2D eigenvalue weighted by molar-refractivity contribution is 6.02. The topological polar surface area (TPSA) is 81.5 Å². The van der Waals surface area contributed by atoms with Crippen LogP contribution in [0.3, 0.4) is 0 Å². The van der Waals surface area contributed by atoms with E-state index in [1.165, 1.54) is 6.07 Å². The van der Waals surface area contributed by atoms with Crippen LogP contribution in [0.5, 0.6) is 0 Å². The lowest BCUT2D eigenvalue weighted by Crippen LogP contribution is -2.24. The number of fused-ring (bicyclic) bond motifs is 3. The summed E-state index contributed by atoms with van der Waals surface area (Å²) in [5, 5.41) is 0. The zero-order chi connectivity index (χ0) is 14.3. The van der Waals surface area contributed by atoms with Crippen LogP contribution in [0.4, 0.5) is 4.39 Å². The van der Waals surface area contributed by atoms with Gasteiger partial charge in [0, 0.05) is 5.56 Å². The van der Waals surface area contributed by atoms with Gasteiger partial charge in [0.2, 0.25) is 0 Å². The van der Waals surface area contributed by atoms with Crippen molar-refractivity contribution in [3.05, 3.63) is 59.2 Å². The normalized spacial score (nSPS) is 14.6. The van der Waals surface area contributed by atoms with Crippen molar-refractivity contribution in [3.8, 4) is 11.1 Å². The lowest BCUT2D eigenvalue weighted by Gasteiger charge is -2.04. The summed E-state index contributed by atoms with van der Waals surface area (Å²) >= 11 is 0. The molecule has 4 N–H and O–H groups in total. The van der Waals surface area contributed by atoms with Crippen LogP contribution in [-0.2, 0) is 0 Å².